The van der Waals surface area contributed by atoms with Crippen LogP contribution in [-0.2, 0) is 12.0 Å². The van der Waals surface area contributed by atoms with E-state index in [0.717, 1.165) is 11.1 Å². The highest BCUT2D eigenvalue weighted by molar-refractivity contribution is 6.32. The van der Waals surface area contributed by atoms with Gasteiger partial charge in [0.25, 0.3) is 5.91 Å². The van der Waals surface area contributed by atoms with Crippen molar-refractivity contribution < 1.29 is 9.18 Å². The number of aromatic nitrogens is 2. The number of benzene rings is 2. The van der Waals surface area contributed by atoms with Gasteiger partial charge in [0.05, 0.1) is 24.0 Å². The molecule has 30 heavy (non-hydrogen) atoms. The van der Waals surface area contributed by atoms with Crippen LogP contribution < -0.4 is 5.43 Å². The fraction of sp³-hybridized carbons (Fsp3) is 0.261. The van der Waals surface area contributed by atoms with Crippen LogP contribution in [0.1, 0.15) is 53.5 Å². The summed E-state index contributed by atoms with van der Waals surface area (Å²) in [4.78, 5) is 12.3. The number of rotatable bonds is 5. The zero-order chi connectivity index (χ0) is 21.9. The molecular formula is C23H24ClFN4O. The molecule has 1 heterocycles. The number of halogens is 2. The molecule has 1 N–H and O–H groups in total. The summed E-state index contributed by atoms with van der Waals surface area (Å²) in [5, 5.41) is 8.83. The van der Waals surface area contributed by atoms with Crippen molar-refractivity contribution in [3.63, 3.8) is 0 Å². The summed E-state index contributed by atoms with van der Waals surface area (Å²) in [6.45, 7) is 8.57. The van der Waals surface area contributed by atoms with Gasteiger partial charge in [-0.2, -0.15) is 10.2 Å². The molecule has 0 saturated carbocycles. The van der Waals surface area contributed by atoms with E-state index in [1.54, 1.807) is 35.9 Å². The molecule has 156 valence electrons. The van der Waals surface area contributed by atoms with Crippen molar-refractivity contribution in [2.75, 3.05) is 0 Å². The van der Waals surface area contributed by atoms with Gasteiger partial charge in [-0.3, -0.25) is 4.79 Å². The predicted molar refractivity (Wildman–Crippen MR) is 118 cm³/mol. The molecule has 0 radical (unpaired) electrons. The number of hydrazone groups is 1. The van der Waals surface area contributed by atoms with Gasteiger partial charge in [-0.15, -0.1) is 0 Å². The first-order chi connectivity index (χ1) is 14.1. The first-order valence-electron chi connectivity index (χ1n) is 9.56. The fourth-order valence-electron chi connectivity index (χ4n) is 2.92. The molecule has 1 aromatic heterocycles. The molecule has 0 aliphatic heterocycles. The van der Waals surface area contributed by atoms with Crippen molar-refractivity contribution in [3.8, 4) is 0 Å². The topological polar surface area (TPSA) is 59.3 Å². The van der Waals surface area contributed by atoms with Gasteiger partial charge in [0, 0.05) is 5.56 Å². The Bertz CT molecular complexity index is 1060. The largest absolute Gasteiger partial charge is 0.271 e. The molecule has 2 aromatic carbocycles. The van der Waals surface area contributed by atoms with E-state index in [1.165, 1.54) is 18.3 Å². The molecule has 0 aliphatic rings. The standard InChI is InChI=1S/C23H24ClFN4O/c1-15-20(21(24)29(28-15)14-16-5-11-19(25)12-6-16)13-26-27-22(30)17-7-9-18(10-8-17)23(2,3)4/h5-13H,14H2,1-4H3,(H,27,30). The van der Waals surface area contributed by atoms with Crippen molar-refractivity contribution >= 4 is 23.7 Å². The van der Waals surface area contributed by atoms with Crippen LogP contribution in [0.3, 0.4) is 0 Å². The molecule has 0 bridgehead atoms. The maximum atomic E-state index is 13.1. The molecule has 0 unspecified atom stereocenters. The second kappa shape index (κ2) is 8.79. The lowest BCUT2D eigenvalue weighted by Crippen LogP contribution is -2.18. The van der Waals surface area contributed by atoms with Gasteiger partial charge < -0.3 is 0 Å². The van der Waals surface area contributed by atoms with Crippen molar-refractivity contribution in [2.24, 2.45) is 5.10 Å². The van der Waals surface area contributed by atoms with E-state index >= 15 is 0 Å². The van der Waals surface area contributed by atoms with E-state index in [-0.39, 0.29) is 17.1 Å². The highest BCUT2D eigenvalue weighted by Crippen LogP contribution is 2.22. The van der Waals surface area contributed by atoms with Gasteiger partial charge >= 0.3 is 0 Å². The highest BCUT2D eigenvalue weighted by Gasteiger charge is 2.15. The average molecular weight is 427 g/mol. The van der Waals surface area contributed by atoms with E-state index in [2.05, 4.69) is 36.4 Å². The van der Waals surface area contributed by atoms with Crippen LogP contribution in [0.4, 0.5) is 4.39 Å². The van der Waals surface area contributed by atoms with Crippen molar-refractivity contribution in [3.05, 3.63) is 87.4 Å². The third-order valence-electron chi connectivity index (χ3n) is 4.73. The van der Waals surface area contributed by atoms with Gasteiger partial charge in [-0.1, -0.05) is 56.6 Å². The molecule has 3 rings (SSSR count). The molecule has 7 heteroatoms. The minimum atomic E-state index is -0.306. The van der Waals surface area contributed by atoms with E-state index < -0.39 is 0 Å². The SMILES string of the molecule is Cc1nn(Cc2ccc(F)cc2)c(Cl)c1C=NNC(=O)c1ccc(C(C)(C)C)cc1. The molecule has 0 saturated heterocycles. The highest BCUT2D eigenvalue weighted by atomic mass is 35.5. The zero-order valence-corrected chi connectivity index (χ0v) is 18.2. The Morgan fingerprint density at radius 2 is 1.80 bits per heavy atom. The van der Waals surface area contributed by atoms with Crippen LogP contribution in [0.5, 0.6) is 0 Å². The Balaban J connectivity index is 1.68. The van der Waals surface area contributed by atoms with Crippen LogP contribution in [0.2, 0.25) is 5.15 Å². The third-order valence-corrected chi connectivity index (χ3v) is 5.13. The lowest BCUT2D eigenvalue weighted by atomic mass is 9.87. The first kappa shape index (κ1) is 21.7. The van der Waals surface area contributed by atoms with Crippen LogP contribution in [0.15, 0.2) is 53.6 Å². The van der Waals surface area contributed by atoms with Crippen molar-refractivity contribution in [1.29, 1.82) is 0 Å². The number of hydrogen-bond donors (Lipinski definition) is 1. The summed E-state index contributed by atoms with van der Waals surface area (Å²) in [6, 6.07) is 13.6. The number of carbonyl (C=O) groups is 1. The normalized spacial score (nSPS) is 11.8. The van der Waals surface area contributed by atoms with E-state index in [4.69, 9.17) is 11.6 Å². The van der Waals surface area contributed by atoms with Crippen LogP contribution in [0.25, 0.3) is 0 Å². The molecule has 5 nitrogen and oxygen atoms in total. The van der Waals surface area contributed by atoms with E-state index in [1.807, 2.05) is 12.1 Å². The van der Waals surface area contributed by atoms with Crippen LogP contribution >= 0.6 is 11.6 Å². The minimum absolute atomic E-state index is 0.0233. The second-order valence-electron chi connectivity index (χ2n) is 8.10. The monoisotopic (exact) mass is 426 g/mol. The molecule has 1 amide bonds. The Labute approximate surface area is 180 Å². The number of aryl methyl sites for hydroxylation is 1. The lowest BCUT2D eigenvalue weighted by Gasteiger charge is -2.18. The van der Waals surface area contributed by atoms with Crippen LogP contribution in [0, 0.1) is 12.7 Å². The Kier molecular flexibility index (Phi) is 6.37. The van der Waals surface area contributed by atoms with Gasteiger partial charge in [0.2, 0.25) is 0 Å². The van der Waals surface area contributed by atoms with Crippen molar-refractivity contribution in [2.45, 2.75) is 39.7 Å². The molecule has 0 atom stereocenters. The maximum Gasteiger partial charge on any atom is 0.271 e. The van der Waals surface area contributed by atoms with Gasteiger partial charge in [0.1, 0.15) is 11.0 Å². The molecule has 0 aliphatic carbocycles. The number of nitrogens with one attached hydrogen (secondary N) is 1. The van der Waals surface area contributed by atoms with E-state index in [9.17, 15) is 9.18 Å². The summed E-state index contributed by atoms with van der Waals surface area (Å²) in [5.41, 5.74) is 6.38. The zero-order valence-electron chi connectivity index (χ0n) is 17.4. The molecule has 0 fully saturated rings. The lowest BCUT2D eigenvalue weighted by molar-refractivity contribution is 0.0955. The Morgan fingerprint density at radius 1 is 1.17 bits per heavy atom. The average Bonchev–Trinajstić information content (AvgIpc) is 2.96. The van der Waals surface area contributed by atoms with E-state index in [0.29, 0.717) is 28.5 Å². The fourth-order valence-corrected chi connectivity index (χ4v) is 3.21. The quantitative estimate of drug-likeness (QED) is 0.456. The third kappa shape index (κ3) is 5.13. The van der Waals surface area contributed by atoms with Gasteiger partial charge in [0.15, 0.2) is 0 Å². The van der Waals surface area contributed by atoms with Crippen molar-refractivity contribution in [1.82, 2.24) is 15.2 Å². The number of amides is 1. The Morgan fingerprint density at radius 3 is 2.40 bits per heavy atom. The number of carbonyl (C=O) groups excluding carboxylic acids is 1. The summed E-state index contributed by atoms with van der Waals surface area (Å²) in [5.74, 6) is -0.600. The minimum Gasteiger partial charge on any atom is -0.267 e. The van der Waals surface area contributed by atoms with Crippen LogP contribution in [-0.4, -0.2) is 21.9 Å². The molecule has 3 aromatic rings. The maximum absolute atomic E-state index is 13.1. The summed E-state index contributed by atoms with van der Waals surface area (Å²) in [6.07, 6.45) is 1.48. The van der Waals surface area contributed by atoms with Gasteiger partial charge in [-0.25, -0.2) is 14.5 Å². The first-order valence-corrected chi connectivity index (χ1v) is 9.94. The summed E-state index contributed by atoms with van der Waals surface area (Å²) in [7, 11) is 0. The molecule has 0 spiro atoms. The second-order valence-corrected chi connectivity index (χ2v) is 8.46. The summed E-state index contributed by atoms with van der Waals surface area (Å²) < 4.78 is 14.7. The molecular weight excluding hydrogens is 403 g/mol. The Hall–Kier alpha value is -2.99. The summed E-state index contributed by atoms with van der Waals surface area (Å²) >= 11 is 6.43. The number of hydrogen-bond acceptors (Lipinski definition) is 3. The predicted octanol–water partition coefficient (Wildman–Crippen LogP) is 5.09. The number of nitrogens with zero attached hydrogens (tertiary/aromatic N) is 3. The van der Waals surface area contributed by atoms with Gasteiger partial charge in [-0.05, 0) is 47.7 Å². The smallest absolute Gasteiger partial charge is 0.267 e.